The van der Waals surface area contributed by atoms with Gasteiger partial charge < -0.3 is 15.3 Å². The van der Waals surface area contributed by atoms with Crippen LogP contribution in [0.1, 0.15) is 11.1 Å². The van der Waals surface area contributed by atoms with E-state index in [9.17, 15) is 4.39 Å². The number of rotatable bonds is 6. The summed E-state index contributed by atoms with van der Waals surface area (Å²) < 4.78 is 19.2. The first kappa shape index (κ1) is 16.5. The van der Waals surface area contributed by atoms with Crippen LogP contribution in [-0.2, 0) is 11.4 Å². The first-order valence-corrected chi connectivity index (χ1v) is 6.96. The molecule has 0 bridgehead atoms. The van der Waals surface area contributed by atoms with E-state index >= 15 is 0 Å². The summed E-state index contributed by atoms with van der Waals surface area (Å²) >= 11 is 0. The highest BCUT2D eigenvalue weighted by Crippen LogP contribution is 2.19. The molecule has 23 heavy (non-hydrogen) atoms. The van der Waals surface area contributed by atoms with Gasteiger partial charge in [-0.3, -0.25) is 4.99 Å². The van der Waals surface area contributed by atoms with Crippen molar-refractivity contribution in [2.75, 3.05) is 14.2 Å². The van der Waals surface area contributed by atoms with Gasteiger partial charge in [-0.2, -0.15) is 0 Å². The largest absolute Gasteiger partial charge is 0.486 e. The maximum absolute atomic E-state index is 13.6. The SMILES string of the molecule is CN=C(N)C(=NOC)c1ccccc1COc1ccccc1F. The van der Waals surface area contributed by atoms with E-state index in [4.69, 9.17) is 15.3 Å². The molecular formula is C17H18FN3O2. The number of hydrogen-bond acceptors (Lipinski definition) is 4. The van der Waals surface area contributed by atoms with E-state index in [1.54, 1.807) is 25.2 Å². The van der Waals surface area contributed by atoms with Crippen molar-refractivity contribution in [2.24, 2.45) is 15.9 Å². The molecule has 120 valence electrons. The fraction of sp³-hybridized carbons (Fsp3) is 0.176. The second-order valence-electron chi connectivity index (χ2n) is 4.61. The van der Waals surface area contributed by atoms with Gasteiger partial charge in [-0.25, -0.2) is 4.39 Å². The molecule has 0 aliphatic carbocycles. The summed E-state index contributed by atoms with van der Waals surface area (Å²) in [5.41, 5.74) is 7.79. The quantitative estimate of drug-likeness (QED) is 0.506. The number of ether oxygens (including phenoxy) is 1. The van der Waals surface area contributed by atoms with E-state index < -0.39 is 5.82 Å². The molecule has 0 aliphatic rings. The molecule has 0 heterocycles. The Morgan fingerprint density at radius 3 is 2.52 bits per heavy atom. The monoisotopic (exact) mass is 315 g/mol. The Morgan fingerprint density at radius 2 is 1.83 bits per heavy atom. The van der Waals surface area contributed by atoms with E-state index in [2.05, 4.69) is 10.1 Å². The van der Waals surface area contributed by atoms with Gasteiger partial charge in [0.2, 0.25) is 0 Å². The highest BCUT2D eigenvalue weighted by Gasteiger charge is 2.14. The van der Waals surface area contributed by atoms with Crippen molar-refractivity contribution in [3.63, 3.8) is 0 Å². The number of nitrogens with two attached hydrogens (primary N) is 1. The summed E-state index contributed by atoms with van der Waals surface area (Å²) in [6.45, 7) is 0.164. The zero-order valence-corrected chi connectivity index (χ0v) is 13.0. The fourth-order valence-corrected chi connectivity index (χ4v) is 2.03. The molecule has 0 aromatic heterocycles. The first-order chi connectivity index (χ1) is 11.2. The molecule has 0 aliphatic heterocycles. The van der Waals surface area contributed by atoms with Crippen LogP contribution in [0.25, 0.3) is 0 Å². The normalized spacial score (nSPS) is 12.1. The Labute approximate surface area is 134 Å². The summed E-state index contributed by atoms with van der Waals surface area (Å²) in [6, 6.07) is 13.6. The average Bonchev–Trinajstić information content (AvgIpc) is 2.59. The Morgan fingerprint density at radius 1 is 1.13 bits per heavy atom. The second-order valence-corrected chi connectivity index (χ2v) is 4.61. The summed E-state index contributed by atoms with van der Waals surface area (Å²) in [5.74, 6) is 0.0141. The van der Waals surface area contributed by atoms with Crippen LogP contribution in [0.3, 0.4) is 0 Å². The predicted octanol–water partition coefficient (Wildman–Crippen LogP) is 2.74. The number of halogens is 1. The lowest BCUT2D eigenvalue weighted by molar-refractivity contribution is 0.214. The molecule has 2 aromatic rings. The Balaban J connectivity index is 2.30. The van der Waals surface area contributed by atoms with Gasteiger partial charge in [0.15, 0.2) is 17.3 Å². The van der Waals surface area contributed by atoms with Crippen molar-refractivity contribution in [1.29, 1.82) is 0 Å². The summed E-state index contributed by atoms with van der Waals surface area (Å²) in [5, 5.41) is 3.93. The Bertz CT molecular complexity index is 729. The number of benzene rings is 2. The molecule has 2 aromatic carbocycles. The topological polar surface area (TPSA) is 69.2 Å². The van der Waals surface area contributed by atoms with Crippen LogP contribution in [0.15, 0.2) is 58.7 Å². The maximum atomic E-state index is 13.6. The molecule has 0 saturated carbocycles. The van der Waals surface area contributed by atoms with Crippen LogP contribution >= 0.6 is 0 Å². The van der Waals surface area contributed by atoms with Gasteiger partial charge in [0.05, 0.1) is 0 Å². The number of oxime groups is 1. The van der Waals surface area contributed by atoms with Gasteiger partial charge in [0, 0.05) is 12.6 Å². The third-order valence-corrected chi connectivity index (χ3v) is 3.16. The lowest BCUT2D eigenvalue weighted by atomic mass is 10.0. The van der Waals surface area contributed by atoms with E-state index in [1.807, 2.05) is 24.3 Å². The van der Waals surface area contributed by atoms with Gasteiger partial charge in [-0.05, 0) is 17.7 Å². The van der Waals surface area contributed by atoms with Crippen molar-refractivity contribution >= 4 is 11.5 Å². The highest BCUT2D eigenvalue weighted by atomic mass is 19.1. The van der Waals surface area contributed by atoms with Crippen LogP contribution in [0.5, 0.6) is 5.75 Å². The zero-order chi connectivity index (χ0) is 16.7. The molecular weight excluding hydrogens is 297 g/mol. The van der Waals surface area contributed by atoms with Crippen LogP contribution in [0.4, 0.5) is 4.39 Å². The van der Waals surface area contributed by atoms with Gasteiger partial charge in [-0.15, -0.1) is 0 Å². The smallest absolute Gasteiger partial charge is 0.165 e. The van der Waals surface area contributed by atoms with Gasteiger partial charge in [0.25, 0.3) is 0 Å². The third kappa shape index (κ3) is 4.06. The molecule has 0 unspecified atom stereocenters. The third-order valence-electron chi connectivity index (χ3n) is 3.16. The lowest BCUT2D eigenvalue weighted by Crippen LogP contribution is -2.26. The second kappa shape index (κ2) is 7.93. The van der Waals surface area contributed by atoms with Crippen molar-refractivity contribution in [3.8, 4) is 5.75 Å². The molecule has 0 spiro atoms. The van der Waals surface area contributed by atoms with E-state index in [0.717, 1.165) is 5.56 Å². The number of amidine groups is 1. The minimum Gasteiger partial charge on any atom is -0.486 e. The number of nitrogens with zero attached hydrogens (tertiary/aromatic N) is 2. The van der Waals surface area contributed by atoms with Crippen LogP contribution in [0, 0.1) is 5.82 Å². The summed E-state index contributed by atoms with van der Waals surface area (Å²) in [7, 11) is 3.00. The number of hydrogen-bond donors (Lipinski definition) is 1. The molecule has 2 rings (SSSR count). The van der Waals surface area contributed by atoms with Crippen molar-refractivity contribution in [1.82, 2.24) is 0 Å². The summed E-state index contributed by atoms with van der Waals surface area (Å²) in [6.07, 6.45) is 0. The van der Waals surface area contributed by atoms with Crippen LogP contribution < -0.4 is 10.5 Å². The lowest BCUT2D eigenvalue weighted by Gasteiger charge is -2.12. The number of para-hydroxylation sites is 1. The maximum Gasteiger partial charge on any atom is 0.165 e. The van der Waals surface area contributed by atoms with Crippen molar-refractivity contribution in [2.45, 2.75) is 6.61 Å². The summed E-state index contributed by atoms with van der Waals surface area (Å²) in [4.78, 5) is 8.78. The van der Waals surface area contributed by atoms with Gasteiger partial charge in [0.1, 0.15) is 19.6 Å². The van der Waals surface area contributed by atoms with Crippen LogP contribution in [-0.4, -0.2) is 25.7 Å². The van der Waals surface area contributed by atoms with Gasteiger partial charge in [-0.1, -0.05) is 41.6 Å². The fourth-order valence-electron chi connectivity index (χ4n) is 2.03. The molecule has 0 saturated heterocycles. The van der Waals surface area contributed by atoms with Crippen molar-refractivity contribution < 1.29 is 14.0 Å². The Hall–Kier alpha value is -2.89. The number of aliphatic imine (C=N–C) groups is 1. The predicted molar refractivity (Wildman–Crippen MR) is 88.3 cm³/mol. The minimum atomic E-state index is -0.412. The van der Waals surface area contributed by atoms with E-state index in [0.29, 0.717) is 11.3 Å². The van der Waals surface area contributed by atoms with Crippen LogP contribution in [0.2, 0.25) is 0 Å². The molecule has 0 atom stereocenters. The molecule has 0 amide bonds. The highest BCUT2D eigenvalue weighted by molar-refractivity contribution is 6.47. The van der Waals surface area contributed by atoms with E-state index in [1.165, 1.54) is 13.2 Å². The Kier molecular flexibility index (Phi) is 5.68. The molecule has 5 nitrogen and oxygen atoms in total. The van der Waals surface area contributed by atoms with Gasteiger partial charge >= 0.3 is 0 Å². The standard InChI is InChI=1S/C17H18FN3O2/c1-20-17(19)16(21-22-2)13-8-4-3-7-12(13)11-23-15-10-6-5-9-14(15)18/h3-10H,11H2,1-2H3,(H2,19,20). The molecule has 2 N–H and O–H groups in total. The molecule has 0 radical (unpaired) electrons. The molecule has 0 fully saturated rings. The minimum absolute atomic E-state index is 0.164. The first-order valence-electron chi connectivity index (χ1n) is 6.96. The van der Waals surface area contributed by atoms with E-state index in [-0.39, 0.29) is 18.2 Å². The molecule has 6 heteroatoms. The zero-order valence-electron chi connectivity index (χ0n) is 13.0. The average molecular weight is 315 g/mol. The van der Waals surface area contributed by atoms with Crippen molar-refractivity contribution in [3.05, 3.63) is 65.5 Å².